The van der Waals surface area contributed by atoms with Crippen molar-refractivity contribution in [3.63, 3.8) is 0 Å². The van der Waals surface area contributed by atoms with Crippen molar-refractivity contribution < 1.29 is 13.2 Å². The molecular formula is C14H13F3N2. The Morgan fingerprint density at radius 3 is 2.58 bits per heavy atom. The van der Waals surface area contributed by atoms with E-state index in [4.69, 9.17) is 5.73 Å². The maximum atomic E-state index is 12.9. The van der Waals surface area contributed by atoms with E-state index in [0.717, 1.165) is 17.8 Å². The lowest BCUT2D eigenvalue weighted by Gasteiger charge is -2.13. The molecule has 2 nitrogen and oxygen atoms in total. The zero-order chi connectivity index (χ0) is 14.0. The fourth-order valence-corrected chi connectivity index (χ4v) is 1.95. The van der Waals surface area contributed by atoms with Gasteiger partial charge in [0.2, 0.25) is 0 Å². The second kappa shape index (κ2) is 4.91. The van der Waals surface area contributed by atoms with Gasteiger partial charge in [0.1, 0.15) is 0 Å². The SMILES string of the molecule is CCc1cc(-c2cnccc2C(F)(F)F)ccc1N. The minimum absolute atomic E-state index is 0.0738. The maximum absolute atomic E-state index is 12.9. The number of benzene rings is 1. The average Bonchev–Trinajstić information content (AvgIpc) is 2.38. The largest absolute Gasteiger partial charge is 0.417 e. The van der Waals surface area contributed by atoms with Crippen LogP contribution < -0.4 is 5.73 Å². The summed E-state index contributed by atoms with van der Waals surface area (Å²) in [5, 5.41) is 0. The Bertz CT molecular complexity index is 591. The van der Waals surface area contributed by atoms with Crippen LogP contribution in [0.5, 0.6) is 0 Å². The molecule has 0 aliphatic carbocycles. The molecule has 0 radical (unpaired) electrons. The minimum atomic E-state index is -4.40. The van der Waals surface area contributed by atoms with E-state index in [0.29, 0.717) is 17.7 Å². The van der Waals surface area contributed by atoms with E-state index in [9.17, 15) is 13.2 Å². The lowest BCUT2D eigenvalue weighted by atomic mass is 9.98. The molecule has 100 valence electrons. The van der Waals surface area contributed by atoms with E-state index in [2.05, 4.69) is 4.98 Å². The number of halogens is 3. The first kappa shape index (κ1) is 13.4. The summed E-state index contributed by atoms with van der Waals surface area (Å²) in [6, 6.07) is 5.88. The fourth-order valence-electron chi connectivity index (χ4n) is 1.95. The lowest BCUT2D eigenvalue weighted by Crippen LogP contribution is -2.07. The van der Waals surface area contributed by atoms with Crippen LogP contribution in [0.4, 0.5) is 18.9 Å². The normalized spacial score (nSPS) is 11.6. The second-order valence-electron chi connectivity index (χ2n) is 4.19. The van der Waals surface area contributed by atoms with Crippen LogP contribution in [0.15, 0.2) is 36.7 Å². The number of nitrogens with zero attached hydrogens (tertiary/aromatic N) is 1. The van der Waals surface area contributed by atoms with Crippen LogP contribution in [0, 0.1) is 0 Å². The van der Waals surface area contributed by atoms with Crippen LogP contribution in [0.2, 0.25) is 0 Å². The molecule has 0 saturated heterocycles. The van der Waals surface area contributed by atoms with Crippen molar-refractivity contribution in [2.45, 2.75) is 19.5 Å². The number of pyridine rings is 1. The number of nitrogen functional groups attached to an aromatic ring is 1. The number of hydrogen-bond donors (Lipinski definition) is 1. The molecule has 1 heterocycles. The highest BCUT2D eigenvalue weighted by Gasteiger charge is 2.33. The van der Waals surface area contributed by atoms with Gasteiger partial charge in [-0.1, -0.05) is 13.0 Å². The van der Waals surface area contributed by atoms with Crippen molar-refractivity contribution in [1.29, 1.82) is 0 Å². The van der Waals surface area contributed by atoms with Gasteiger partial charge in [-0.25, -0.2) is 0 Å². The van der Waals surface area contributed by atoms with Gasteiger partial charge in [0.05, 0.1) is 5.56 Å². The van der Waals surface area contributed by atoms with Crippen LogP contribution >= 0.6 is 0 Å². The number of hydrogen-bond acceptors (Lipinski definition) is 2. The Kier molecular flexibility index (Phi) is 3.46. The highest BCUT2D eigenvalue weighted by molar-refractivity contribution is 5.70. The molecule has 0 spiro atoms. The molecule has 0 atom stereocenters. The highest BCUT2D eigenvalue weighted by atomic mass is 19.4. The van der Waals surface area contributed by atoms with E-state index < -0.39 is 11.7 Å². The summed E-state index contributed by atoms with van der Waals surface area (Å²) in [6.45, 7) is 1.91. The molecule has 1 aromatic heterocycles. The first-order valence-corrected chi connectivity index (χ1v) is 5.83. The summed E-state index contributed by atoms with van der Waals surface area (Å²) in [7, 11) is 0. The van der Waals surface area contributed by atoms with Gasteiger partial charge in [-0.3, -0.25) is 4.98 Å². The Morgan fingerprint density at radius 1 is 1.21 bits per heavy atom. The fraction of sp³-hybridized carbons (Fsp3) is 0.214. The van der Waals surface area contributed by atoms with E-state index in [1.165, 1.54) is 6.20 Å². The molecule has 0 fully saturated rings. The van der Waals surface area contributed by atoms with Gasteiger partial charge < -0.3 is 5.73 Å². The quantitative estimate of drug-likeness (QED) is 0.837. The van der Waals surface area contributed by atoms with Gasteiger partial charge >= 0.3 is 6.18 Å². The van der Waals surface area contributed by atoms with Gasteiger partial charge in [0.15, 0.2) is 0 Å². The molecule has 2 aromatic rings. The van der Waals surface area contributed by atoms with Crippen LogP contribution in [-0.4, -0.2) is 4.98 Å². The van der Waals surface area contributed by atoms with Crippen LogP contribution in [0.25, 0.3) is 11.1 Å². The van der Waals surface area contributed by atoms with Crippen LogP contribution in [0.1, 0.15) is 18.1 Å². The van der Waals surface area contributed by atoms with E-state index in [-0.39, 0.29) is 5.56 Å². The maximum Gasteiger partial charge on any atom is 0.417 e. The van der Waals surface area contributed by atoms with Crippen molar-refractivity contribution >= 4 is 5.69 Å². The molecule has 0 saturated carbocycles. The third-order valence-corrected chi connectivity index (χ3v) is 2.96. The molecular weight excluding hydrogens is 253 g/mol. The molecule has 0 amide bonds. The first-order valence-electron chi connectivity index (χ1n) is 5.83. The summed E-state index contributed by atoms with van der Waals surface area (Å²) < 4.78 is 38.8. The summed E-state index contributed by atoms with van der Waals surface area (Å²) in [5.41, 5.74) is 7.05. The smallest absolute Gasteiger partial charge is 0.399 e. The molecule has 2 N–H and O–H groups in total. The molecule has 0 bridgehead atoms. The minimum Gasteiger partial charge on any atom is -0.399 e. The molecule has 0 unspecified atom stereocenters. The van der Waals surface area contributed by atoms with Gasteiger partial charge in [0, 0.05) is 23.6 Å². The summed E-state index contributed by atoms with van der Waals surface area (Å²) in [4.78, 5) is 3.78. The van der Waals surface area contributed by atoms with Crippen LogP contribution in [0.3, 0.4) is 0 Å². The van der Waals surface area contributed by atoms with E-state index in [1.54, 1.807) is 18.2 Å². The van der Waals surface area contributed by atoms with Crippen molar-refractivity contribution in [2.24, 2.45) is 0 Å². The van der Waals surface area contributed by atoms with Crippen molar-refractivity contribution in [3.8, 4) is 11.1 Å². The summed E-state index contributed by atoms with van der Waals surface area (Å²) in [5.74, 6) is 0. The van der Waals surface area contributed by atoms with Gasteiger partial charge in [-0.2, -0.15) is 13.2 Å². The molecule has 0 aliphatic heterocycles. The second-order valence-corrected chi connectivity index (χ2v) is 4.19. The van der Waals surface area contributed by atoms with Crippen molar-refractivity contribution in [3.05, 3.63) is 47.8 Å². The third kappa shape index (κ3) is 2.70. The predicted octanol–water partition coefficient (Wildman–Crippen LogP) is 3.91. The molecule has 1 aromatic carbocycles. The van der Waals surface area contributed by atoms with E-state index >= 15 is 0 Å². The summed E-state index contributed by atoms with van der Waals surface area (Å²) in [6.07, 6.45) is -1.36. The zero-order valence-electron chi connectivity index (χ0n) is 10.3. The van der Waals surface area contributed by atoms with Gasteiger partial charge in [0.25, 0.3) is 0 Å². The van der Waals surface area contributed by atoms with E-state index in [1.807, 2.05) is 6.92 Å². The summed E-state index contributed by atoms with van der Waals surface area (Å²) >= 11 is 0. The lowest BCUT2D eigenvalue weighted by molar-refractivity contribution is -0.137. The van der Waals surface area contributed by atoms with Crippen LogP contribution in [-0.2, 0) is 12.6 Å². The van der Waals surface area contributed by atoms with Crippen molar-refractivity contribution in [1.82, 2.24) is 4.98 Å². The monoisotopic (exact) mass is 266 g/mol. The average molecular weight is 266 g/mol. The Hall–Kier alpha value is -2.04. The topological polar surface area (TPSA) is 38.9 Å². The predicted molar refractivity (Wildman–Crippen MR) is 68.5 cm³/mol. The Balaban J connectivity index is 2.59. The number of alkyl halides is 3. The molecule has 0 aliphatic rings. The zero-order valence-corrected chi connectivity index (χ0v) is 10.3. The number of aromatic nitrogens is 1. The van der Waals surface area contributed by atoms with Crippen molar-refractivity contribution in [2.75, 3.05) is 5.73 Å². The standard InChI is InChI=1S/C14H13F3N2/c1-2-9-7-10(3-4-13(9)18)11-8-19-6-5-12(11)14(15,16)17/h3-8H,2,18H2,1H3. The number of aryl methyl sites for hydroxylation is 1. The first-order chi connectivity index (χ1) is 8.93. The number of anilines is 1. The van der Waals surface area contributed by atoms with Gasteiger partial charge in [-0.15, -0.1) is 0 Å². The number of rotatable bonds is 2. The van der Waals surface area contributed by atoms with Gasteiger partial charge in [-0.05, 0) is 35.7 Å². The highest BCUT2D eigenvalue weighted by Crippen LogP contribution is 2.37. The molecule has 2 rings (SSSR count). The molecule has 19 heavy (non-hydrogen) atoms. The Morgan fingerprint density at radius 2 is 1.95 bits per heavy atom. The number of nitrogens with two attached hydrogens (primary N) is 1. The Labute approximate surface area is 109 Å². The third-order valence-electron chi connectivity index (χ3n) is 2.96. The molecule has 5 heteroatoms.